The Morgan fingerprint density at radius 1 is 1.14 bits per heavy atom. The van der Waals surface area contributed by atoms with E-state index in [1.807, 2.05) is 0 Å². The lowest BCUT2D eigenvalue weighted by Gasteiger charge is -2.59. The molecule has 4 rings (SSSR count). The first-order valence-electron chi connectivity index (χ1n) is 9.25. The second-order valence-electron chi connectivity index (χ2n) is 8.92. The fraction of sp³-hybridized carbons (Fsp3) is 0.895. The SMILES string of the molecule is C[C@]12CCCC[C@@H]1CC[C@@H]1[C@@H]2C(=NO)C[C@]2(C)C(=O)CC[C@@H]12. The summed E-state index contributed by atoms with van der Waals surface area (Å²) in [6, 6.07) is 0. The molecule has 0 heterocycles. The Hall–Kier alpha value is -0.860. The Bertz CT molecular complexity index is 528. The number of hydrogen-bond donors (Lipinski definition) is 1. The third-order valence-corrected chi connectivity index (χ3v) is 8.13. The topological polar surface area (TPSA) is 49.7 Å². The molecule has 0 spiro atoms. The fourth-order valence-electron chi connectivity index (χ4n) is 7.02. The van der Waals surface area contributed by atoms with Gasteiger partial charge in [-0.3, -0.25) is 4.79 Å². The highest BCUT2D eigenvalue weighted by atomic mass is 16.4. The van der Waals surface area contributed by atoms with Gasteiger partial charge in [-0.2, -0.15) is 0 Å². The van der Waals surface area contributed by atoms with Crippen molar-refractivity contribution in [1.82, 2.24) is 0 Å². The van der Waals surface area contributed by atoms with Gasteiger partial charge >= 0.3 is 0 Å². The molecule has 22 heavy (non-hydrogen) atoms. The van der Waals surface area contributed by atoms with Crippen LogP contribution in [0.25, 0.3) is 0 Å². The largest absolute Gasteiger partial charge is 0.411 e. The van der Waals surface area contributed by atoms with Crippen LogP contribution in [0.3, 0.4) is 0 Å². The Kier molecular flexibility index (Phi) is 3.22. The summed E-state index contributed by atoms with van der Waals surface area (Å²) in [5.74, 6) is 2.71. The number of carbonyl (C=O) groups is 1. The molecule has 4 saturated carbocycles. The average Bonchev–Trinajstić information content (AvgIpc) is 2.81. The Morgan fingerprint density at radius 3 is 2.73 bits per heavy atom. The summed E-state index contributed by atoms with van der Waals surface area (Å²) in [5, 5.41) is 13.5. The highest BCUT2D eigenvalue weighted by molar-refractivity contribution is 5.97. The van der Waals surface area contributed by atoms with E-state index in [-0.39, 0.29) is 5.41 Å². The lowest BCUT2D eigenvalue weighted by molar-refractivity contribution is -0.130. The molecule has 3 nitrogen and oxygen atoms in total. The van der Waals surface area contributed by atoms with Crippen molar-refractivity contribution in [3.05, 3.63) is 0 Å². The zero-order valence-corrected chi connectivity index (χ0v) is 14.0. The molecule has 4 aliphatic rings. The molecule has 6 atom stereocenters. The number of ketones is 1. The summed E-state index contributed by atoms with van der Waals surface area (Å²) >= 11 is 0. The Balaban J connectivity index is 1.77. The summed E-state index contributed by atoms with van der Waals surface area (Å²) in [6.07, 6.45) is 10.4. The average molecular weight is 303 g/mol. The van der Waals surface area contributed by atoms with Crippen molar-refractivity contribution in [2.75, 3.05) is 0 Å². The van der Waals surface area contributed by atoms with Crippen LogP contribution in [-0.2, 0) is 4.79 Å². The van der Waals surface area contributed by atoms with Crippen LogP contribution in [0.2, 0.25) is 0 Å². The van der Waals surface area contributed by atoms with Gasteiger partial charge in [0.1, 0.15) is 5.78 Å². The van der Waals surface area contributed by atoms with Gasteiger partial charge in [-0.15, -0.1) is 0 Å². The first-order chi connectivity index (χ1) is 10.5. The van der Waals surface area contributed by atoms with Crippen molar-refractivity contribution < 1.29 is 10.0 Å². The van der Waals surface area contributed by atoms with E-state index in [1.165, 1.54) is 38.5 Å². The summed E-state index contributed by atoms with van der Waals surface area (Å²) in [5.41, 5.74) is 1.00. The van der Waals surface area contributed by atoms with Crippen LogP contribution in [0, 0.1) is 34.5 Å². The molecule has 0 aromatic rings. The summed E-state index contributed by atoms with van der Waals surface area (Å²) < 4.78 is 0. The summed E-state index contributed by atoms with van der Waals surface area (Å²) in [7, 11) is 0. The van der Waals surface area contributed by atoms with Gasteiger partial charge in [0.2, 0.25) is 0 Å². The van der Waals surface area contributed by atoms with Crippen molar-refractivity contribution >= 4 is 11.5 Å². The Labute approximate surface area is 133 Å². The van der Waals surface area contributed by atoms with Crippen molar-refractivity contribution in [1.29, 1.82) is 0 Å². The zero-order chi connectivity index (χ0) is 15.5. The third-order valence-electron chi connectivity index (χ3n) is 8.13. The predicted octanol–water partition coefficient (Wildman–Crippen LogP) is 4.43. The first-order valence-corrected chi connectivity index (χ1v) is 9.25. The van der Waals surface area contributed by atoms with Gasteiger partial charge in [0.05, 0.1) is 5.71 Å². The van der Waals surface area contributed by atoms with Crippen LogP contribution in [0.15, 0.2) is 5.16 Å². The highest BCUT2D eigenvalue weighted by Crippen LogP contribution is 2.64. The van der Waals surface area contributed by atoms with E-state index in [0.717, 1.165) is 24.5 Å². The molecule has 4 fully saturated rings. The van der Waals surface area contributed by atoms with Crippen LogP contribution in [-0.4, -0.2) is 16.7 Å². The Morgan fingerprint density at radius 2 is 1.95 bits per heavy atom. The molecule has 0 aromatic heterocycles. The zero-order valence-electron chi connectivity index (χ0n) is 14.0. The molecule has 0 unspecified atom stereocenters. The van der Waals surface area contributed by atoms with Crippen LogP contribution < -0.4 is 0 Å². The van der Waals surface area contributed by atoms with Crippen LogP contribution in [0.4, 0.5) is 0 Å². The molecular weight excluding hydrogens is 274 g/mol. The van der Waals surface area contributed by atoms with Crippen LogP contribution in [0.1, 0.15) is 71.6 Å². The van der Waals surface area contributed by atoms with E-state index in [2.05, 4.69) is 19.0 Å². The van der Waals surface area contributed by atoms with Gasteiger partial charge < -0.3 is 5.21 Å². The molecule has 0 aliphatic heterocycles. The van der Waals surface area contributed by atoms with Crippen molar-refractivity contribution in [3.8, 4) is 0 Å². The monoisotopic (exact) mass is 303 g/mol. The van der Waals surface area contributed by atoms with E-state index < -0.39 is 0 Å². The van der Waals surface area contributed by atoms with E-state index >= 15 is 0 Å². The molecule has 0 radical (unpaired) electrons. The number of Topliss-reactive ketones (excluding diaryl/α,β-unsaturated/α-hetero) is 1. The first kappa shape index (κ1) is 14.7. The van der Waals surface area contributed by atoms with E-state index in [4.69, 9.17) is 0 Å². The van der Waals surface area contributed by atoms with Gasteiger partial charge in [0.15, 0.2) is 0 Å². The number of fused-ring (bicyclic) bond motifs is 5. The van der Waals surface area contributed by atoms with Gasteiger partial charge in [0, 0.05) is 24.2 Å². The maximum Gasteiger partial charge on any atom is 0.139 e. The van der Waals surface area contributed by atoms with E-state index in [9.17, 15) is 10.0 Å². The maximum absolute atomic E-state index is 12.5. The lowest BCUT2D eigenvalue weighted by Crippen LogP contribution is -2.56. The minimum absolute atomic E-state index is 0.249. The number of oxime groups is 1. The number of hydrogen-bond acceptors (Lipinski definition) is 3. The molecule has 0 bridgehead atoms. The molecule has 0 aromatic carbocycles. The molecule has 4 aliphatic carbocycles. The van der Waals surface area contributed by atoms with Crippen LogP contribution >= 0.6 is 0 Å². The smallest absolute Gasteiger partial charge is 0.139 e. The lowest BCUT2D eigenvalue weighted by atomic mass is 9.45. The quantitative estimate of drug-likeness (QED) is 0.531. The van der Waals surface area contributed by atoms with Gasteiger partial charge in [-0.1, -0.05) is 31.8 Å². The summed E-state index contributed by atoms with van der Waals surface area (Å²) in [6.45, 7) is 4.60. The fourth-order valence-corrected chi connectivity index (χ4v) is 7.02. The molecule has 122 valence electrons. The number of rotatable bonds is 0. The molecule has 1 N–H and O–H groups in total. The molecule has 0 saturated heterocycles. The number of carbonyl (C=O) groups excluding carboxylic acids is 1. The predicted molar refractivity (Wildman–Crippen MR) is 86.0 cm³/mol. The molecule has 0 amide bonds. The second-order valence-corrected chi connectivity index (χ2v) is 8.92. The minimum atomic E-state index is -0.249. The van der Waals surface area contributed by atoms with Gasteiger partial charge in [0.25, 0.3) is 0 Å². The second kappa shape index (κ2) is 4.82. The van der Waals surface area contributed by atoms with Crippen molar-refractivity contribution in [2.24, 2.45) is 39.7 Å². The highest BCUT2D eigenvalue weighted by Gasteiger charge is 2.62. The standard InChI is InChI=1S/C19H29NO2/c1-18-10-4-3-5-12(18)6-7-13-14-8-9-16(21)19(14,2)11-15(20-22)17(13)18/h12-14,17,22H,3-11H2,1-2H3/t12-,13+,14+,17-,18+,19+/m1/s1. The van der Waals surface area contributed by atoms with E-state index in [0.29, 0.717) is 35.4 Å². The van der Waals surface area contributed by atoms with E-state index in [1.54, 1.807) is 0 Å². The normalized spacial score (nSPS) is 53.0. The molecule has 3 heteroatoms. The summed E-state index contributed by atoms with van der Waals surface area (Å²) in [4.78, 5) is 12.5. The van der Waals surface area contributed by atoms with Crippen molar-refractivity contribution in [3.63, 3.8) is 0 Å². The van der Waals surface area contributed by atoms with Crippen molar-refractivity contribution in [2.45, 2.75) is 71.6 Å². The third kappa shape index (κ3) is 1.74. The maximum atomic E-state index is 12.5. The van der Waals surface area contributed by atoms with Crippen LogP contribution in [0.5, 0.6) is 0 Å². The van der Waals surface area contributed by atoms with Gasteiger partial charge in [-0.05, 0) is 55.3 Å². The minimum Gasteiger partial charge on any atom is -0.411 e. The number of nitrogens with zero attached hydrogens (tertiary/aromatic N) is 1. The van der Waals surface area contributed by atoms with Gasteiger partial charge in [-0.25, -0.2) is 0 Å². The molecular formula is C19H29NO2.